The number of nitrogens with zero attached hydrogens (tertiary/aromatic N) is 3. The highest BCUT2D eigenvalue weighted by molar-refractivity contribution is 7.93. The Balaban J connectivity index is 1.82. The molecule has 0 spiro atoms. The van der Waals surface area contributed by atoms with Gasteiger partial charge in [0, 0.05) is 18.6 Å². The minimum atomic E-state index is -3.99. The van der Waals surface area contributed by atoms with E-state index in [9.17, 15) is 8.42 Å². The largest absolute Gasteiger partial charge is 0.453 e. The molecule has 0 saturated heterocycles. The first-order valence-electron chi connectivity index (χ1n) is 8.90. The maximum Gasteiger partial charge on any atom is 0.269 e. The summed E-state index contributed by atoms with van der Waals surface area (Å²) in [4.78, 5) is 3.95. The van der Waals surface area contributed by atoms with Crippen LogP contribution in [0.2, 0.25) is 0 Å². The molecular formula is C21H17N3O4S2. The Morgan fingerprint density at radius 1 is 0.833 bits per heavy atom. The number of anilines is 1. The van der Waals surface area contributed by atoms with Gasteiger partial charge in [-0.05, 0) is 36.4 Å². The lowest BCUT2D eigenvalue weighted by atomic mass is 10.3. The summed E-state index contributed by atoms with van der Waals surface area (Å²) >= 11 is 0.983. The Morgan fingerprint density at radius 3 is 2.07 bits per heavy atom. The third-order valence-electron chi connectivity index (χ3n) is 4.13. The average molecular weight is 440 g/mol. The number of sulfonamides is 1. The minimum Gasteiger partial charge on any atom is -0.453 e. The first-order valence-corrected chi connectivity index (χ1v) is 11.1. The zero-order valence-corrected chi connectivity index (χ0v) is 17.5. The van der Waals surface area contributed by atoms with E-state index in [0.29, 0.717) is 11.5 Å². The fourth-order valence-electron chi connectivity index (χ4n) is 2.66. The molecule has 0 radical (unpaired) electrons. The number of benzene rings is 3. The zero-order valence-electron chi connectivity index (χ0n) is 15.9. The van der Waals surface area contributed by atoms with Crippen molar-refractivity contribution in [2.45, 2.75) is 4.90 Å². The van der Waals surface area contributed by atoms with Crippen LogP contribution >= 0.6 is 11.5 Å². The van der Waals surface area contributed by atoms with Crippen molar-refractivity contribution in [3.05, 3.63) is 85.2 Å². The standard InChI is InChI=1S/C21H17N3O4S2/c1-24(21-22-15-23-29-21)30(25,26)19-14-8-13-18(27-16-9-4-2-5-10-16)20(19)28-17-11-6-3-7-12-17/h2-15H,1H3. The van der Waals surface area contributed by atoms with Gasteiger partial charge in [0.25, 0.3) is 10.0 Å². The van der Waals surface area contributed by atoms with E-state index in [1.807, 2.05) is 24.3 Å². The number of para-hydroxylation sites is 3. The van der Waals surface area contributed by atoms with Gasteiger partial charge >= 0.3 is 0 Å². The average Bonchev–Trinajstić information content (AvgIpc) is 3.30. The second-order valence-electron chi connectivity index (χ2n) is 6.11. The van der Waals surface area contributed by atoms with Gasteiger partial charge in [-0.15, -0.1) is 0 Å². The number of hydrogen-bond acceptors (Lipinski definition) is 7. The molecule has 30 heavy (non-hydrogen) atoms. The van der Waals surface area contributed by atoms with Crippen LogP contribution in [0.5, 0.6) is 23.0 Å². The summed E-state index contributed by atoms with van der Waals surface area (Å²) in [7, 11) is -2.57. The second kappa shape index (κ2) is 8.52. The van der Waals surface area contributed by atoms with Crippen LogP contribution in [0.15, 0.2) is 90.1 Å². The Kier molecular flexibility index (Phi) is 5.64. The monoisotopic (exact) mass is 439 g/mol. The lowest BCUT2D eigenvalue weighted by molar-refractivity contribution is 0.409. The fourth-order valence-corrected chi connectivity index (χ4v) is 4.63. The fraction of sp³-hybridized carbons (Fsp3) is 0.0476. The molecule has 0 aliphatic carbocycles. The van der Waals surface area contributed by atoms with Gasteiger partial charge in [0.2, 0.25) is 5.13 Å². The van der Waals surface area contributed by atoms with Crippen molar-refractivity contribution in [2.24, 2.45) is 0 Å². The predicted octanol–water partition coefficient (Wildman–Crippen LogP) is 4.95. The summed E-state index contributed by atoms with van der Waals surface area (Å²) in [6.07, 6.45) is 1.31. The van der Waals surface area contributed by atoms with Crippen LogP contribution in [0.25, 0.3) is 0 Å². The summed E-state index contributed by atoms with van der Waals surface area (Å²) in [5.41, 5.74) is 0. The number of ether oxygens (including phenoxy) is 2. The summed E-state index contributed by atoms with van der Waals surface area (Å²) in [6, 6.07) is 22.8. The Labute approximate surface area is 178 Å². The van der Waals surface area contributed by atoms with E-state index in [-0.39, 0.29) is 21.5 Å². The van der Waals surface area contributed by atoms with E-state index in [1.54, 1.807) is 48.5 Å². The topological polar surface area (TPSA) is 81.6 Å². The third kappa shape index (κ3) is 4.12. The highest BCUT2D eigenvalue weighted by Crippen LogP contribution is 2.41. The number of aromatic nitrogens is 2. The number of rotatable bonds is 7. The molecule has 0 atom stereocenters. The smallest absolute Gasteiger partial charge is 0.269 e. The lowest BCUT2D eigenvalue weighted by Crippen LogP contribution is -2.26. The third-order valence-corrected chi connectivity index (χ3v) is 6.76. The van der Waals surface area contributed by atoms with Gasteiger partial charge in [-0.3, -0.25) is 0 Å². The first-order chi connectivity index (χ1) is 14.6. The molecular weight excluding hydrogens is 422 g/mol. The van der Waals surface area contributed by atoms with Crippen molar-refractivity contribution in [3.8, 4) is 23.0 Å². The lowest BCUT2D eigenvalue weighted by Gasteiger charge is -2.20. The molecule has 3 aromatic carbocycles. The minimum absolute atomic E-state index is 0.0440. The van der Waals surface area contributed by atoms with Crippen molar-refractivity contribution >= 4 is 26.7 Å². The molecule has 0 unspecified atom stereocenters. The molecule has 0 amide bonds. The molecule has 4 rings (SSSR count). The van der Waals surface area contributed by atoms with Gasteiger partial charge < -0.3 is 9.47 Å². The van der Waals surface area contributed by atoms with Crippen LogP contribution in [0.3, 0.4) is 0 Å². The Bertz CT molecular complexity index is 1220. The highest BCUT2D eigenvalue weighted by atomic mass is 32.2. The van der Waals surface area contributed by atoms with Crippen molar-refractivity contribution in [1.29, 1.82) is 0 Å². The molecule has 1 heterocycles. The van der Waals surface area contributed by atoms with E-state index in [2.05, 4.69) is 9.36 Å². The van der Waals surface area contributed by atoms with Crippen molar-refractivity contribution < 1.29 is 17.9 Å². The zero-order chi connectivity index (χ0) is 21.0. The van der Waals surface area contributed by atoms with Crippen molar-refractivity contribution in [1.82, 2.24) is 9.36 Å². The van der Waals surface area contributed by atoms with Crippen molar-refractivity contribution in [3.63, 3.8) is 0 Å². The van der Waals surface area contributed by atoms with Crippen LogP contribution in [0, 0.1) is 0 Å². The van der Waals surface area contributed by atoms with Gasteiger partial charge in [-0.25, -0.2) is 17.7 Å². The Morgan fingerprint density at radius 2 is 1.47 bits per heavy atom. The van der Waals surface area contributed by atoms with Crippen LogP contribution in [-0.2, 0) is 10.0 Å². The summed E-state index contributed by atoms with van der Waals surface area (Å²) in [5.74, 6) is 1.40. The molecule has 7 nitrogen and oxygen atoms in total. The molecule has 9 heteroatoms. The van der Waals surface area contributed by atoms with Crippen molar-refractivity contribution in [2.75, 3.05) is 11.4 Å². The van der Waals surface area contributed by atoms with Gasteiger partial charge in [0.05, 0.1) is 0 Å². The van der Waals surface area contributed by atoms with E-state index in [1.165, 1.54) is 19.4 Å². The normalized spacial score (nSPS) is 11.1. The van der Waals surface area contributed by atoms with Crippen LogP contribution in [0.1, 0.15) is 0 Å². The molecule has 0 bridgehead atoms. The van der Waals surface area contributed by atoms with Gasteiger partial charge in [0.1, 0.15) is 22.7 Å². The molecule has 0 N–H and O–H groups in total. The molecule has 0 fully saturated rings. The Hall–Kier alpha value is -3.43. The van der Waals surface area contributed by atoms with Crippen LogP contribution < -0.4 is 13.8 Å². The highest BCUT2D eigenvalue weighted by Gasteiger charge is 2.29. The summed E-state index contributed by atoms with van der Waals surface area (Å²) < 4.78 is 43.7. The molecule has 0 aliphatic heterocycles. The van der Waals surface area contributed by atoms with Gasteiger partial charge in [-0.2, -0.15) is 4.37 Å². The molecule has 0 saturated carbocycles. The maximum absolute atomic E-state index is 13.4. The van der Waals surface area contributed by atoms with Gasteiger partial charge in [0.15, 0.2) is 11.5 Å². The maximum atomic E-state index is 13.4. The molecule has 152 valence electrons. The van der Waals surface area contributed by atoms with Crippen LogP contribution in [0.4, 0.5) is 5.13 Å². The first kappa shape index (κ1) is 19.9. The predicted molar refractivity (Wildman–Crippen MR) is 115 cm³/mol. The van der Waals surface area contributed by atoms with E-state index in [0.717, 1.165) is 15.8 Å². The summed E-state index contributed by atoms with van der Waals surface area (Å²) in [6.45, 7) is 0. The van der Waals surface area contributed by atoms with E-state index >= 15 is 0 Å². The molecule has 1 aromatic heterocycles. The van der Waals surface area contributed by atoms with E-state index < -0.39 is 10.0 Å². The quantitative estimate of drug-likeness (QED) is 0.405. The SMILES string of the molecule is CN(c1ncns1)S(=O)(=O)c1cccc(Oc2ccccc2)c1Oc1ccccc1. The van der Waals surface area contributed by atoms with E-state index in [4.69, 9.17) is 9.47 Å². The molecule has 4 aromatic rings. The summed E-state index contributed by atoms with van der Waals surface area (Å²) in [5, 5.41) is 0.245. The second-order valence-corrected chi connectivity index (χ2v) is 8.81. The number of hydrogen-bond donors (Lipinski definition) is 0. The van der Waals surface area contributed by atoms with Crippen LogP contribution in [-0.4, -0.2) is 24.8 Å². The van der Waals surface area contributed by atoms with Gasteiger partial charge in [-0.1, -0.05) is 42.5 Å². The molecule has 0 aliphatic rings.